The Bertz CT molecular complexity index is 241. The number of nitrogens with two attached hydrogens (primary N) is 1. The molecule has 0 aliphatic heterocycles. The van der Waals surface area contributed by atoms with E-state index in [1.54, 1.807) is 0 Å². The van der Waals surface area contributed by atoms with Crippen molar-refractivity contribution < 1.29 is 8.78 Å². The molecule has 0 heterocycles. The molecule has 0 aromatic rings. The third kappa shape index (κ3) is 2.93. The predicted molar refractivity (Wildman–Crippen MR) is 53.7 cm³/mol. The summed E-state index contributed by atoms with van der Waals surface area (Å²) >= 11 is 0. The summed E-state index contributed by atoms with van der Waals surface area (Å²) in [4.78, 5) is 4.16. The first-order valence-corrected chi connectivity index (χ1v) is 4.92. The molecule has 0 spiro atoms. The molecule has 0 aromatic carbocycles. The molecule has 2 nitrogen and oxygen atoms in total. The predicted octanol–water partition coefficient (Wildman–Crippen LogP) is 2.58. The maximum atomic E-state index is 12.8. The third-order valence-corrected chi connectivity index (χ3v) is 2.47. The molecule has 0 radical (unpaired) electrons. The lowest BCUT2D eigenvalue weighted by atomic mass is 9.95. The number of aliphatic imine (C=N–C) groups is 1. The van der Waals surface area contributed by atoms with E-state index < -0.39 is 5.92 Å². The topological polar surface area (TPSA) is 38.4 Å². The molecule has 1 aliphatic rings. The van der Waals surface area contributed by atoms with Gasteiger partial charge < -0.3 is 5.73 Å². The molecular formula is C10H18F2N2. The fraction of sp³-hybridized carbons (Fsp3) is 0.900. The Labute approximate surface area is 83.6 Å². The van der Waals surface area contributed by atoms with E-state index in [0.717, 1.165) is 0 Å². The maximum Gasteiger partial charge on any atom is 0.250 e. The Balaban J connectivity index is 2.62. The zero-order chi connectivity index (χ0) is 11.0. The average molecular weight is 204 g/mol. The molecular weight excluding hydrogens is 186 g/mol. The highest BCUT2D eigenvalue weighted by atomic mass is 19.3. The van der Waals surface area contributed by atoms with Crippen molar-refractivity contribution in [1.29, 1.82) is 0 Å². The van der Waals surface area contributed by atoms with Crippen molar-refractivity contribution >= 4 is 5.84 Å². The van der Waals surface area contributed by atoms with Crippen LogP contribution in [0.4, 0.5) is 8.78 Å². The van der Waals surface area contributed by atoms with Gasteiger partial charge in [0.2, 0.25) is 5.92 Å². The van der Waals surface area contributed by atoms with E-state index in [-0.39, 0.29) is 24.3 Å². The van der Waals surface area contributed by atoms with E-state index in [1.807, 2.05) is 20.8 Å². The molecule has 0 aromatic heterocycles. The van der Waals surface area contributed by atoms with Crippen molar-refractivity contribution in [3.8, 4) is 0 Å². The van der Waals surface area contributed by atoms with Gasteiger partial charge >= 0.3 is 0 Å². The van der Waals surface area contributed by atoms with Gasteiger partial charge in [0.15, 0.2) is 0 Å². The van der Waals surface area contributed by atoms with Crippen LogP contribution in [0.15, 0.2) is 4.99 Å². The monoisotopic (exact) mass is 204 g/mol. The number of hydrogen-bond acceptors (Lipinski definition) is 1. The van der Waals surface area contributed by atoms with Crippen LogP contribution >= 0.6 is 0 Å². The largest absolute Gasteiger partial charge is 0.387 e. The van der Waals surface area contributed by atoms with Gasteiger partial charge in [0.1, 0.15) is 0 Å². The molecule has 0 amide bonds. The molecule has 4 heteroatoms. The lowest BCUT2D eigenvalue weighted by Gasteiger charge is -2.19. The summed E-state index contributed by atoms with van der Waals surface area (Å²) in [5, 5.41) is 0. The summed E-state index contributed by atoms with van der Waals surface area (Å²) < 4.78 is 25.7. The van der Waals surface area contributed by atoms with Crippen molar-refractivity contribution in [2.24, 2.45) is 16.1 Å². The summed E-state index contributed by atoms with van der Waals surface area (Å²) in [6.07, 6.45) is 0.242. The minimum Gasteiger partial charge on any atom is -0.387 e. The first-order chi connectivity index (χ1) is 6.21. The smallest absolute Gasteiger partial charge is 0.250 e. The molecule has 14 heavy (non-hydrogen) atoms. The van der Waals surface area contributed by atoms with E-state index in [0.29, 0.717) is 12.3 Å². The van der Waals surface area contributed by atoms with Gasteiger partial charge in [-0.2, -0.15) is 0 Å². The van der Waals surface area contributed by atoms with Gasteiger partial charge in [0.25, 0.3) is 0 Å². The minimum absolute atomic E-state index is 0.0570. The molecule has 1 saturated carbocycles. The Morgan fingerprint density at radius 2 is 2.00 bits per heavy atom. The summed E-state index contributed by atoms with van der Waals surface area (Å²) in [5.41, 5.74) is 5.50. The van der Waals surface area contributed by atoms with Gasteiger partial charge in [-0.3, -0.25) is 4.99 Å². The van der Waals surface area contributed by atoms with Crippen LogP contribution in [0.2, 0.25) is 0 Å². The molecule has 1 unspecified atom stereocenters. The highest BCUT2D eigenvalue weighted by Crippen LogP contribution is 2.36. The number of nitrogens with zero attached hydrogens (tertiary/aromatic N) is 1. The molecule has 1 fully saturated rings. The van der Waals surface area contributed by atoms with Gasteiger partial charge in [-0.1, -0.05) is 20.8 Å². The second kappa shape index (κ2) is 3.48. The molecule has 2 N–H and O–H groups in total. The van der Waals surface area contributed by atoms with E-state index in [9.17, 15) is 8.78 Å². The Kier molecular flexibility index (Phi) is 2.83. The number of rotatable bonds is 1. The normalized spacial score (nSPS) is 28.1. The summed E-state index contributed by atoms with van der Waals surface area (Å²) in [5.74, 6) is -2.06. The standard InChI is InChI=1S/C10H18F2N2/c1-9(2,3)8(13)14-7-4-5-10(11,12)6-7/h7H,4-6H2,1-3H3,(H2,13,14). The molecule has 1 atom stereocenters. The van der Waals surface area contributed by atoms with Crippen LogP contribution in [0.1, 0.15) is 40.0 Å². The van der Waals surface area contributed by atoms with E-state index in [4.69, 9.17) is 5.73 Å². The summed E-state index contributed by atoms with van der Waals surface area (Å²) in [7, 11) is 0. The highest BCUT2D eigenvalue weighted by molar-refractivity contribution is 5.85. The van der Waals surface area contributed by atoms with Crippen LogP contribution in [0.5, 0.6) is 0 Å². The highest BCUT2D eigenvalue weighted by Gasteiger charge is 2.39. The van der Waals surface area contributed by atoms with Crippen molar-refractivity contribution in [2.45, 2.75) is 52.0 Å². The Morgan fingerprint density at radius 3 is 2.36 bits per heavy atom. The van der Waals surface area contributed by atoms with Gasteiger partial charge in [0.05, 0.1) is 11.9 Å². The van der Waals surface area contributed by atoms with Crippen LogP contribution in [0.25, 0.3) is 0 Å². The summed E-state index contributed by atoms with van der Waals surface area (Å²) in [6.45, 7) is 5.79. The van der Waals surface area contributed by atoms with Gasteiger partial charge in [-0.15, -0.1) is 0 Å². The molecule has 82 valence electrons. The molecule has 0 bridgehead atoms. The van der Waals surface area contributed by atoms with Gasteiger partial charge in [0, 0.05) is 18.3 Å². The van der Waals surface area contributed by atoms with Crippen LogP contribution in [-0.4, -0.2) is 17.8 Å². The van der Waals surface area contributed by atoms with Crippen molar-refractivity contribution in [3.63, 3.8) is 0 Å². The fourth-order valence-corrected chi connectivity index (χ4v) is 1.43. The SMILES string of the molecule is CC(C)(C)C(N)=NC1CCC(F)(F)C1. The van der Waals surface area contributed by atoms with Crippen molar-refractivity contribution in [3.05, 3.63) is 0 Å². The second-order valence-electron chi connectivity index (χ2n) is 5.02. The Morgan fingerprint density at radius 1 is 1.43 bits per heavy atom. The number of alkyl halides is 2. The van der Waals surface area contributed by atoms with Gasteiger partial charge in [-0.25, -0.2) is 8.78 Å². The van der Waals surface area contributed by atoms with Crippen molar-refractivity contribution in [1.82, 2.24) is 0 Å². The second-order valence-corrected chi connectivity index (χ2v) is 5.02. The average Bonchev–Trinajstić information content (AvgIpc) is 2.28. The quantitative estimate of drug-likeness (QED) is 0.517. The number of amidine groups is 1. The zero-order valence-electron chi connectivity index (χ0n) is 8.98. The maximum absolute atomic E-state index is 12.8. The van der Waals surface area contributed by atoms with E-state index in [1.165, 1.54) is 0 Å². The van der Waals surface area contributed by atoms with Crippen molar-refractivity contribution in [2.75, 3.05) is 0 Å². The van der Waals surface area contributed by atoms with Crippen LogP contribution < -0.4 is 5.73 Å². The van der Waals surface area contributed by atoms with Crippen LogP contribution in [0, 0.1) is 5.41 Å². The fourth-order valence-electron chi connectivity index (χ4n) is 1.43. The van der Waals surface area contributed by atoms with E-state index in [2.05, 4.69) is 4.99 Å². The lowest BCUT2D eigenvalue weighted by molar-refractivity contribution is 0.00807. The van der Waals surface area contributed by atoms with E-state index >= 15 is 0 Å². The van der Waals surface area contributed by atoms with Gasteiger partial charge in [-0.05, 0) is 6.42 Å². The lowest BCUT2D eigenvalue weighted by Crippen LogP contribution is -2.30. The summed E-state index contributed by atoms with van der Waals surface area (Å²) in [6, 6.07) is -0.288. The third-order valence-electron chi connectivity index (χ3n) is 2.47. The molecule has 1 aliphatic carbocycles. The first-order valence-electron chi connectivity index (χ1n) is 4.92. The minimum atomic E-state index is -2.54. The number of hydrogen-bond donors (Lipinski definition) is 1. The Hall–Kier alpha value is -0.670. The molecule has 1 rings (SSSR count). The first kappa shape index (κ1) is 11.4. The van der Waals surface area contributed by atoms with Crippen LogP contribution in [0.3, 0.4) is 0 Å². The molecule has 0 saturated heterocycles. The van der Waals surface area contributed by atoms with Crippen LogP contribution in [-0.2, 0) is 0 Å². The zero-order valence-corrected chi connectivity index (χ0v) is 8.98. The number of halogens is 2.